The third-order valence-corrected chi connectivity index (χ3v) is 4.78. The van der Waals surface area contributed by atoms with Gasteiger partial charge in [0.1, 0.15) is 0 Å². The predicted octanol–water partition coefficient (Wildman–Crippen LogP) is 3.05. The van der Waals surface area contributed by atoms with E-state index < -0.39 is 0 Å². The fraction of sp³-hybridized carbons (Fsp3) is 0.353. The van der Waals surface area contributed by atoms with E-state index in [1.165, 1.54) is 4.90 Å². The normalized spacial score (nSPS) is 18.1. The van der Waals surface area contributed by atoms with E-state index in [0.717, 1.165) is 37.2 Å². The van der Waals surface area contributed by atoms with Gasteiger partial charge < -0.3 is 15.1 Å². The molecular weight excluding hydrogens is 296 g/mol. The summed E-state index contributed by atoms with van der Waals surface area (Å²) in [4.78, 5) is 13.6. The van der Waals surface area contributed by atoms with Gasteiger partial charge in [-0.25, -0.2) is 0 Å². The SMILES string of the molecule is O=C(N[C@H]1CCCNC1)c1occc1CSc1ccccc1. The number of rotatable bonds is 5. The van der Waals surface area contributed by atoms with Gasteiger partial charge in [0, 0.05) is 28.8 Å². The van der Waals surface area contributed by atoms with E-state index in [-0.39, 0.29) is 11.9 Å². The van der Waals surface area contributed by atoms with Gasteiger partial charge in [0.15, 0.2) is 5.76 Å². The maximum atomic E-state index is 12.4. The van der Waals surface area contributed by atoms with Crippen LogP contribution in [0.5, 0.6) is 0 Å². The Hall–Kier alpha value is -1.72. The fourth-order valence-electron chi connectivity index (χ4n) is 2.55. The first kappa shape index (κ1) is 15.2. The molecule has 0 bridgehead atoms. The Labute approximate surface area is 134 Å². The van der Waals surface area contributed by atoms with Gasteiger partial charge in [0.05, 0.1) is 6.26 Å². The van der Waals surface area contributed by atoms with Crippen molar-refractivity contribution in [2.75, 3.05) is 13.1 Å². The van der Waals surface area contributed by atoms with Crippen molar-refractivity contribution in [3.63, 3.8) is 0 Å². The second-order valence-electron chi connectivity index (χ2n) is 5.39. The maximum Gasteiger partial charge on any atom is 0.287 e. The Kier molecular flexibility index (Phi) is 5.19. The van der Waals surface area contributed by atoms with Gasteiger partial charge in [-0.2, -0.15) is 0 Å². The second kappa shape index (κ2) is 7.51. The zero-order valence-electron chi connectivity index (χ0n) is 12.4. The minimum atomic E-state index is -0.109. The summed E-state index contributed by atoms with van der Waals surface area (Å²) in [6.07, 6.45) is 3.71. The number of carbonyl (C=O) groups excluding carboxylic acids is 1. The summed E-state index contributed by atoms with van der Waals surface area (Å²) >= 11 is 1.70. The lowest BCUT2D eigenvalue weighted by Crippen LogP contribution is -2.45. The van der Waals surface area contributed by atoms with Crippen molar-refractivity contribution >= 4 is 17.7 Å². The molecule has 1 aliphatic heterocycles. The molecule has 1 aromatic heterocycles. The average Bonchev–Trinajstić information content (AvgIpc) is 3.03. The molecule has 0 spiro atoms. The van der Waals surface area contributed by atoms with Crippen molar-refractivity contribution < 1.29 is 9.21 Å². The van der Waals surface area contributed by atoms with E-state index in [4.69, 9.17) is 4.42 Å². The molecule has 2 N–H and O–H groups in total. The summed E-state index contributed by atoms with van der Waals surface area (Å²) in [5.41, 5.74) is 0.940. The first-order chi connectivity index (χ1) is 10.8. The highest BCUT2D eigenvalue weighted by molar-refractivity contribution is 7.98. The zero-order chi connectivity index (χ0) is 15.2. The molecule has 22 heavy (non-hydrogen) atoms. The summed E-state index contributed by atoms with van der Waals surface area (Å²) in [6.45, 7) is 1.87. The molecule has 116 valence electrons. The molecule has 1 aliphatic rings. The average molecular weight is 316 g/mol. The topological polar surface area (TPSA) is 54.3 Å². The molecular formula is C17H20N2O2S. The highest BCUT2D eigenvalue weighted by Gasteiger charge is 2.20. The van der Waals surface area contributed by atoms with Crippen LogP contribution in [0.25, 0.3) is 0 Å². The number of hydrogen-bond acceptors (Lipinski definition) is 4. The van der Waals surface area contributed by atoms with Crippen molar-refractivity contribution in [2.24, 2.45) is 0 Å². The summed E-state index contributed by atoms with van der Waals surface area (Å²) in [6, 6.07) is 12.2. The highest BCUT2D eigenvalue weighted by atomic mass is 32.2. The molecule has 1 amide bonds. The molecule has 1 atom stereocenters. The number of carbonyl (C=O) groups is 1. The molecule has 3 rings (SSSR count). The number of piperidine rings is 1. The summed E-state index contributed by atoms with van der Waals surface area (Å²) in [5, 5.41) is 6.35. The summed E-state index contributed by atoms with van der Waals surface area (Å²) < 4.78 is 5.41. The van der Waals surface area contributed by atoms with Crippen molar-refractivity contribution in [3.8, 4) is 0 Å². The van der Waals surface area contributed by atoms with Crippen LogP contribution in [0.3, 0.4) is 0 Å². The van der Waals surface area contributed by atoms with Crippen LogP contribution in [-0.2, 0) is 5.75 Å². The van der Waals surface area contributed by atoms with Crippen LogP contribution >= 0.6 is 11.8 Å². The Balaban J connectivity index is 1.60. The molecule has 1 fully saturated rings. The molecule has 0 radical (unpaired) electrons. The van der Waals surface area contributed by atoms with Crippen LogP contribution < -0.4 is 10.6 Å². The number of thioether (sulfide) groups is 1. The van der Waals surface area contributed by atoms with Crippen molar-refractivity contribution in [1.29, 1.82) is 0 Å². The van der Waals surface area contributed by atoms with E-state index in [1.54, 1.807) is 18.0 Å². The van der Waals surface area contributed by atoms with Crippen molar-refractivity contribution in [1.82, 2.24) is 10.6 Å². The van der Waals surface area contributed by atoms with Crippen LogP contribution in [0.1, 0.15) is 29.0 Å². The Bertz CT molecular complexity index is 606. The predicted molar refractivity (Wildman–Crippen MR) is 88.1 cm³/mol. The monoisotopic (exact) mass is 316 g/mol. The number of amides is 1. The van der Waals surface area contributed by atoms with Gasteiger partial charge in [0.25, 0.3) is 5.91 Å². The van der Waals surface area contributed by atoms with Gasteiger partial charge in [-0.1, -0.05) is 18.2 Å². The Morgan fingerprint density at radius 1 is 1.32 bits per heavy atom. The molecule has 0 unspecified atom stereocenters. The minimum absolute atomic E-state index is 0.109. The smallest absolute Gasteiger partial charge is 0.287 e. The van der Waals surface area contributed by atoms with Gasteiger partial charge in [-0.05, 0) is 37.6 Å². The quantitative estimate of drug-likeness (QED) is 0.833. The lowest BCUT2D eigenvalue weighted by molar-refractivity contribution is 0.0901. The number of nitrogens with one attached hydrogen (secondary N) is 2. The third kappa shape index (κ3) is 3.93. The summed E-state index contributed by atoms with van der Waals surface area (Å²) in [5.74, 6) is 1.06. The molecule has 4 nitrogen and oxygen atoms in total. The molecule has 0 aliphatic carbocycles. The van der Waals surface area contributed by atoms with Crippen molar-refractivity contribution in [3.05, 3.63) is 54.0 Å². The molecule has 2 aromatic rings. The van der Waals surface area contributed by atoms with E-state index in [1.807, 2.05) is 24.3 Å². The van der Waals surface area contributed by atoms with Crippen LogP contribution in [0.4, 0.5) is 0 Å². The van der Waals surface area contributed by atoms with Crippen LogP contribution in [-0.4, -0.2) is 25.0 Å². The van der Waals surface area contributed by atoms with Crippen LogP contribution in [0.15, 0.2) is 52.0 Å². The lowest BCUT2D eigenvalue weighted by atomic mass is 10.1. The minimum Gasteiger partial charge on any atom is -0.459 e. The molecule has 5 heteroatoms. The second-order valence-corrected chi connectivity index (χ2v) is 6.44. The lowest BCUT2D eigenvalue weighted by Gasteiger charge is -2.23. The molecule has 1 aromatic carbocycles. The molecule has 2 heterocycles. The first-order valence-electron chi connectivity index (χ1n) is 7.59. The van der Waals surface area contributed by atoms with E-state index in [9.17, 15) is 4.79 Å². The van der Waals surface area contributed by atoms with E-state index >= 15 is 0 Å². The first-order valence-corrected chi connectivity index (χ1v) is 8.57. The number of hydrogen-bond donors (Lipinski definition) is 2. The van der Waals surface area contributed by atoms with Gasteiger partial charge in [0.2, 0.25) is 0 Å². The Morgan fingerprint density at radius 3 is 2.95 bits per heavy atom. The van der Waals surface area contributed by atoms with Gasteiger partial charge in [-0.3, -0.25) is 4.79 Å². The third-order valence-electron chi connectivity index (χ3n) is 3.72. The number of benzene rings is 1. The zero-order valence-corrected chi connectivity index (χ0v) is 13.2. The van der Waals surface area contributed by atoms with Gasteiger partial charge in [-0.15, -0.1) is 11.8 Å². The van der Waals surface area contributed by atoms with Crippen LogP contribution in [0.2, 0.25) is 0 Å². The van der Waals surface area contributed by atoms with Crippen LogP contribution in [0, 0.1) is 0 Å². The standard InChI is InChI=1S/C17H20N2O2S/c20-17(19-14-5-4-9-18-11-14)16-13(8-10-21-16)12-22-15-6-2-1-3-7-15/h1-3,6-8,10,14,18H,4-5,9,11-12H2,(H,19,20)/t14-/m0/s1. The van der Waals surface area contributed by atoms with E-state index in [0.29, 0.717) is 5.76 Å². The number of furan rings is 1. The van der Waals surface area contributed by atoms with E-state index in [2.05, 4.69) is 22.8 Å². The fourth-order valence-corrected chi connectivity index (χ4v) is 3.45. The largest absolute Gasteiger partial charge is 0.459 e. The van der Waals surface area contributed by atoms with Crippen molar-refractivity contribution in [2.45, 2.75) is 29.5 Å². The highest BCUT2D eigenvalue weighted by Crippen LogP contribution is 2.25. The van der Waals surface area contributed by atoms with Gasteiger partial charge >= 0.3 is 0 Å². The Morgan fingerprint density at radius 2 is 2.18 bits per heavy atom. The maximum absolute atomic E-state index is 12.4. The summed E-state index contributed by atoms with van der Waals surface area (Å²) in [7, 11) is 0. The molecule has 1 saturated heterocycles. The molecule has 0 saturated carbocycles.